The summed E-state index contributed by atoms with van der Waals surface area (Å²) < 4.78 is 0. The number of rotatable bonds is 3. The van der Waals surface area contributed by atoms with Crippen LogP contribution in [0.2, 0.25) is 0 Å². The molecule has 10 heavy (non-hydrogen) atoms. The maximum absolute atomic E-state index is 4.79. The van der Waals surface area contributed by atoms with Crippen molar-refractivity contribution < 1.29 is 9.78 Å². The van der Waals surface area contributed by atoms with Crippen molar-refractivity contribution in [2.75, 3.05) is 6.61 Å². The van der Waals surface area contributed by atoms with Gasteiger partial charge in [-0.1, -0.05) is 0 Å². The van der Waals surface area contributed by atoms with Crippen LogP contribution >= 0.6 is 0 Å². The largest absolute Gasteiger partial charge is 0.336 e. The highest BCUT2D eigenvalue weighted by atomic mass is 17.2. The molecule has 1 aromatic rings. The maximum Gasteiger partial charge on any atom is 0.183 e. The smallest absolute Gasteiger partial charge is 0.183 e. The zero-order valence-corrected chi connectivity index (χ0v) is 5.78. The predicted octanol–water partition coefficient (Wildman–Crippen LogP) is 1.41. The summed E-state index contributed by atoms with van der Waals surface area (Å²) in [5, 5.41) is 0. The first-order valence-electron chi connectivity index (χ1n) is 3.13. The molecule has 0 aromatic carbocycles. The van der Waals surface area contributed by atoms with E-state index in [2.05, 4.69) is 9.87 Å². The number of hydrogen-bond acceptors (Lipinski definition) is 3. The molecule has 3 nitrogen and oxygen atoms in total. The van der Waals surface area contributed by atoms with Gasteiger partial charge in [-0.3, -0.25) is 4.98 Å². The summed E-state index contributed by atoms with van der Waals surface area (Å²) in [4.78, 5) is 13.3. The van der Waals surface area contributed by atoms with Crippen LogP contribution in [0.4, 0.5) is 0 Å². The molecule has 54 valence electrons. The van der Waals surface area contributed by atoms with E-state index in [1.165, 1.54) is 0 Å². The third-order valence-corrected chi connectivity index (χ3v) is 0.907. The molecule has 0 amide bonds. The van der Waals surface area contributed by atoms with Crippen molar-refractivity contribution in [2.45, 2.75) is 6.92 Å². The van der Waals surface area contributed by atoms with Crippen molar-refractivity contribution in [2.24, 2.45) is 0 Å². The number of pyridine rings is 1. The molecule has 0 fully saturated rings. The first kappa shape index (κ1) is 7.02. The molecule has 3 heteroatoms. The van der Waals surface area contributed by atoms with Gasteiger partial charge < -0.3 is 4.89 Å². The van der Waals surface area contributed by atoms with Gasteiger partial charge in [0.05, 0.1) is 12.8 Å². The third kappa shape index (κ3) is 2.03. The van der Waals surface area contributed by atoms with E-state index in [9.17, 15) is 0 Å². The Morgan fingerprint density at radius 3 is 3.10 bits per heavy atom. The molecule has 0 N–H and O–H groups in total. The molecule has 0 saturated carbocycles. The average molecular weight is 139 g/mol. The summed E-state index contributed by atoms with van der Waals surface area (Å²) in [6, 6.07) is 3.57. The van der Waals surface area contributed by atoms with E-state index in [1.54, 1.807) is 24.5 Å². The summed E-state index contributed by atoms with van der Waals surface area (Å²) in [7, 11) is 0. The van der Waals surface area contributed by atoms with Crippen molar-refractivity contribution in [1.82, 2.24) is 4.98 Å². The van der Waals surface area contributed by atoms with Crippen molar-refractivity contribution >= 4 is 0 Å². The van der Waals surface area contributed by atoms with E-state index >= 15 is 0 Å². The summed E-state index contributed by atoms with van der Waals surface area (Å²) in [6.07, 6.45) is 3.27. The second-order valence-electron chi connectivity index (χ2n) is 1.68. The highest BCUT2D eigenvalue weighted by molar-refractivity contribution is 5.14. The molecule has 0 atom stereocenters. The Bertz CT molecular complexity index is 176. The van der Waals surface area contributed by atoms with Gasteiger partial charge in [0, 0.05) is 6.20 Å². The van der Waals surface area contributed by atoms with Gasteiger partial charge in [0.15, 0.2) is 5.75 Å². The Labute approximate surface area is 59.5 Å². The minimum atomic E-state index is 0.537. The molecule has 1 heterocycles. The number of hydrogen-bond donors (Lipinski definition) is 0. The standard InChI is InChI=1S/C7H9NO2/c1-2-9-10-7-4-3-5-8-6-7/h3-6H,2H2,1H3. The van der Waals surface area contributed by atoms with Crippen molar-refractivity contribution in [3.8, 4) is 5.75 Å². The van der Waals surface area contributed by atoms with Gasteiger partial charge in [-0.15, -0.1) is 0 Å². The van der Waals surface area contributed by atoms with Crippen LogP contribution in [0.5, 0.6) is 5.75 Å². The monoisotopic (exact) mass is 139 g/mol. The van der Waals surface area contributed by atoms with Gasteiger partial charge in [0.1, 0.15) is 0 Å². The van der Waals surface area contributed by atoms with Crippen LogP contribution in [0, 0.1) is 0 Å². The van der Waals surface area contributed by atoms with Crippen LogP contribution in [-0.2, 0) is 4.89 Å². The lowest BCUT2D eigenvalue weighted by Gasteiger charge is -1.99. The van der Waals surface area contributed by atoms with Gasteiger partial charge in [-0.25, -0.2) is 0 Å². The molecule has 0 aliphatic rings. The van der Waals surface area contributed by atoms with E-state index in [1.807, 2.05) is 6.92 Å². The van der Waals surface area contributed by atoms with E-state index < -0.39 is 0 Å². The minimum Gasteiger partial charge on any atom is -0.336 e. The van der Waals surface area contributed by atoms with Crippen LogP contribution in [0.1, 0.15) is 6.92 Å². The second-order valence-corrected chi connectivity index (χ2v) is 1.68. The van der Waals surface area contributed by atoms with Crippen molar-refractivity contribution in [3.05, 3.63) is 24.5 Å². The fraction of sp³-hybridized carbons (Fsp3) is 0.286. The second kappa shape index (κ2) is 3.85. The summed E-state index contributed by atoms with van der Waals surface area (Å²) in [6.45, 7) is 2.39. The zero-order chi connectivity index (χ0) is 7.23. The Morgan fingerprint density at radius 2 is 2.50 bits per heavy atom. The topological polar surface area (TPSA) is 31.4 Å². The van der Waals surface area contributed by atoms with Gasteiger partial charge in [-0.05, 0) is 19.1 Å². The molecule has 0 aliphatic heterocycles. The van der Waals surface area contributed by atoms with Crippen LogP contribution in [-0.4, -0.2) is 11.6 Å². The molecule has 1 rings (SSSR count). The van der Waals surface area contributed by atoms with Gasteiger partial charge in [0.2, 0.25) is 0 Å². The Balaban J connectivity index is 2.43. The molecular weight excluding hydrogens is 130 g/mol. The van der Waals surface area contributed by atoms with Crippen LogP contribution in [0.3, 0.4) is 0 Å². The predicted molar refractivity (Wildman–Crippen MR) is 36.5 cm³/mol. The lowest BCUT2D eigenvalue weighted by atomic mass is 10.5. The molecule has 0 spiro atoms. The maximum atomic E-state index is 4.79. The highest BCUT2D eigenvalue weighted by Gasteiger charge is 1.88. The summed E-state index contributed by atoms with van der Waals surface area (Å²) >= 11 is 0. The molecule has 1 aromatic heterocycles. The normalized spacial score (nSPS) is 9.30. The van der Waals surface area contributed by atoms with Gasteiger partial charge in [0.25, 0.3) is 0 Å². The SMILES string of the molecule is CCOOc1cccnc1. The van der Waals surface area contributed by atoms with Crippen LogP contribution in [0.15, 0.2) is 24.5 Å². The lowest BCUT2D eigenvalue weighted by Crippen LogP contribution is -1.95. The fourth-order valence-electron chi connectivity index (χ4n) is 0.523. The van der Waals surface area contributed by atoms with E-state index in [0.717, 1.165) is 0 Å². The summed E-state index contributed by atoms with van der Waals surface area (Å²) in [5.41, 5.74) is 0. The van der Waals surface area contributed by atoms with E-state index in [4.69, 9.17) is 4.89 Å². The van der Waals surface area contributed by atoms with Gasteiger partial charge in [-0.2, -0.15) is 4.89 Å². The zero-order valence-electron chi connectivity index (χ0n) is 5.78. The fourth-order valence-corrected chi connectivity index (χ4v) is 0.523. The van der Waals surface area contributed by atoms with Crippen LogP contribution in [0.25, 0.3) is 0 Å². The quantitative estimate of drug-likeness (QED) is 0.468. The summed E-state index contributed by atoms with van der Waals surface area (Å²) in [5.74, 6) is 0.629. The molecule has 0 bridgehead atoms. The van der Waals surface area contributed by atoms with E-state index in [-0.39, 0.29) is 0 Å². The first-order chi connectivity index (χ1) is 4.93. The Hall–Kier alpha value is -1.09. The number of nitrogens with zero attached hydrogens (tertiary/aromatic N) is 1. The number of aromatic nitrogens is 1. The average Bonchev–Trinajstić information content (AvgIpc) is 2.03. The van der Waals surface area contributed by atoms with E-state index in [0.29, 0.717) is 12.4 Å². The first-order valence-corrected chi connectivity index (χ1v) is 3.13. The van der Waals surface area contributed by atoms with Gasteiger partial charge >= 0.3 is 0 Å². The molecule has 0 unspecified atom stereocenters. The molecule has 0 radical (unpaired) electrons. The molecule has 0 aliphatic carbocycles. The minimum absolute atomic E-state index is 0.537. The Kier molecular flexibility index (Phi) is 2.70. The van der Waals surface area contributed by atoms with Crippen molar-refractivity contribution in [1.29, 1.82) is 0 Å². The lowest BCUT2D eigenvalue weighted by molar-refractivity contribution is -0.202. The highest BCUT2D eigenvalue weighted by Crippen LogP contribution is 2.05. The molecular formula is C7H9NO2. The van der Waals surface area contributed by atoms with Crippen molar-refractivity contribution in [3.63, 3.8) is 0 Å². The molecule has 0 saturated heterocycles. The third-order valence-electron chi connectivity index (χ3n) is 0.907. The Morgan fingerprint density at radius 1 is 1.60 bits per heavy atom. The van der Waals surface area contributed by atoms with Crippen LogP contribution < -0.4 is 4.89 Å².